The smallest absolute Gasteiger partial charge is 0.229 e. The van der Waals surface area contributed by atoms with E-state index in [4.69, 9.17) is 0 Å². The topological polar surface area (TPSA) is 33.2 Å². The quantitative estimate of drug-likeness (QED) is 0.748. The van der Waals surface area contributed by atoms with E-state index in [1.165, 1.54) is 11.3 Å². The molecule has 0 unspecified atom stereocenters. The molecule has 0 spiro atoms. The lowest BCUT2D eigenvalue weighted by atomic mass is 10.2. The lowest BCUT2D eigenvalue weighted by Gasteiger charge is -2.17. The van der Waals surface area contributed by atoms with Crippen LogP contribution in [-0.2, 0) is 4.79 Å². The van der Waals surface area contributed by atoms with Crippen molar-refractivity contribution >= 4 is 22.4 Å². The number of hydrogen-bond donors (Lipinski definition) is 0. The number of nitrogens with zero attached hydrogens (tertiary/aromatic N) is 2. The summed E-state index contributed by atoms with van der Waals surface area (Å²) in [6, 6.07) is 9.98. The number of aromatic nitrogens is 1. The molecule has 1 heterocycles. The van der Waals surface area contributed by atoms with Gasteiger partial charge in [-0.25, -0.2) is 4.98 Å². The second kappa shape index (κ2) is 7.01. The van der Waals surface area contributed by atoms with E-state index >= 15 is 0 Å². The van der Waals surface area contributed by atoms with E-state index in [0.29, 0.717) is 13.0 Å². The fourth-order valence-electron chi connectivity index (χ4n) is 1.89. The van der Waals surface area contributed by atoms with E-state index < -0.39 is 0 Å². The molecule has 0 aliphatic carbocycles. The van der Waals surface area contributed by atoms with Gasteiger partial charge in [-0.2, -0.15) is 0 Å². The van der Waals surface area contributed by atoms with Crippen LogP contribution in [0.1, 0.15) is 19.8 Å². The number of amides is 1. The molecule has 1 aromatic heterocycles. The van der Waals surface area contributed by atoms with Gasteiger partial charge in [-0.1, -0.05) is 43.3 Å². The summed E-state index contributed by atoms with van der Waals surface area (Å²) in [6.45, 7) is 6.22. The molecule has 2 rings (SSSR count). The third-order valence-corrected chi connectivity index (χ3v) is 3.73. The Morgan fingerprint density at radius 2 is 2.15 bits per heavy atom. The van der Waals surface area contributed by atoms with Crippen molar-refractivity contribution in [2.24, 2.45) is 0 Å². The minimum absolute atomic E-state index is 0.0985. The number of carbonyl (C=O) groups excluding carboxylic acids is 1. The summed E-state index contributed by atoms with van der Waals surface area (Å²) < 4.78 is 0. The van der Waals surface area contributed by atoms with Gasteiger partial charge in [-0.05, 0) is 6.42 Å². The van der Waals surface area contributed by atoms with Gasteiger partial charge in [0.25, 0.3) is 0 Å². The molecule has 0 saturated heterocycles. The van der Waals surface area contributed by atoms with Gasteiger partial charge in [-0.3, -0.25) is 9.69 Å². The Hall–Kier alpha value is -1.94. The molecule has 1 amide bonds. The van der Waals surface area contributed by atoms with Gasteiger partial charge in [0.2, 0.25) is 5.91 Å². The highest BCUT2D eigenvalue weighted by molar-refractivity contribution is 7.14. The van der Waals surface area contributed by atoms with E-state index in [1.807, 2.05) is 42.6 Å². The van der Waals surface area contributed by atoms with Crippen molar-refractivity contribution in [3.8, 4) is 11.3 Å². The van der Waals surface area contributed by atoms with Crippen LogP contribution in [0.25, 0.3) is 11.3 Å². The van der Waals surface area contributed by atoms with E-state index in [9.17, 15) is 4.79 Å². The highest BCUT2D eigenvalue weighted by Crippen LogP contribution is 2.27. The molecule has 0 bridgehead atoms. The maximum absolute atomic E-state index is 12.1. The zero-order chi connectivity index (χ0) is 14.4. The van der Waals surface area contributed by atoms with Gasteiger partial charge in [0, 0.05) is 23.9 Å². The molecule has 0 atom stereocenters. The van der Waals surface area contributed by atoms with Gasteiger partial charge >= 0.3 is 0 Å². The third-order valence-electron chi connectivity index (χ3n) is 2.87. The molecule has 3 nitrogen and oxygen atoms in total. The van der Waals surface area contributed by atoms with Crippen LogP contribution >= 0.6 is 11.3 Å². The number of thiazole rings is 1. The Morgan fingerprint density at radius 1 is 1.40 bits per heavy atom. The average molecular weight is 286 g/mol. The first-order chi connectivity index (χ1) is 9.76. The molecule has 104 valence electrons. The second-order valence-corrected chi connectivity index (χ2v) is 5.26. The van der Waals surface area contributed by atoms with Crippen molar-refractivity contribution in [1.29, 1.82) is 0 Å². The minimum Gasteiger partial charge on any atom is -0.284 e. The van der Waals surface area contributed by atoms with Crippen molar-refractivity contribution in [2.75, 3.05) is 11.4 Å². The first-order valence-electron chi connectivity index (χ1n) is 6.68. The first-order valence-corrected chi connectivity index (χ1v) is 7.56. The number of rotatable bonds is 6. The monoisotopic (exact) mass is 286 g/mol. The molecule has 0 radical (unpaired) electrons. The van der Waals surface area contributed by atoms with E-state index in [2.05, 4.69) is 11.6 Å². The van der Waals surface area contributed by atoms with E-state index in [1.54, 1.807) is 11.0 Å². The van der Waals surface area contributed by atoms with Crippen LogP contribution in [0.15, 0.2) is 48.4 Å². The highest BCUT2D eigenvalue weighted by Gasteiger charge is 2.17. The standard InChI is InChI=1S/C16H18N2OS/c1-3-8-15(19)18(11-4-2)16-17-14(12-20-16)13-9-6-5-7-10-13/h4-7,9-10,12H,2-3,8,11H2,1H3. The van der Waals surface area contributed by atoms with Crippen molar-refractivity contribution < 1.29 is 4.79 Å². The summed E-state index contributed by atoms with van der Waals surface area (Å²) in [5.74, 6) is 0.0985. The molecule has 0 aliphatic rings. The lowest BCUT2D eigenvalue weighted by molar-refractivity contribution is -0.118. The van der Waals surface area contributed by atoms with Gasteiger partial charge in [0.15, 0.2) is 5.13 Å². The molecular formula is C16H18N2OS. The fourth-order valence-corrected chi connectivity index (χ4v) is 2.75. The lowest BCUT2D eigenvalue weighted by Crippen LogP contribution is -2.30. The SMILES string of the molecule is C=CCN(C(=O)CCC)c1nc(-c2ccccc2)cs1. The van der Waals surface area contributed by atoms with Crippen LogP contribution < -0.4 is 4.90 Å². The summed E-state index contributed by atoms with van der Waals surface area (Å²) >= 11 is 1.49. The zero-order valence-electron chi connectivity index (χ0n) is 11.6. The van der Waals surface area contributed by atoms with Crippen molar-refractivity contribution in [1.82, 2.24) is 4.98 Å². The van der Waals surface area contributed by atoms with Crippen LogP contribution in [0, 0.1) is 0 Å². The van der Waals surface area contributed by atoms with E-state index in [0.717, 1.165) is 22.8 Å². The average Bonchev–Trinajstić information content (AvgIpc) is 2.95. The zero-order valence-corrected chi connectivity index (χ0v) is 12.4. The Bertz CT molecular complexity index is 577. The number of benzene rings is 1. The molecule has 0 saturated carbocycles. The van der Waals surface area contributed by atoms with Crippen LogP contribution in [0.4, 0.5) is 5.13 Å². The van der Waals surface area contributed by atoms with E-state index in [-0.39, 0.29) is 5.91 Å². The maximum atomic E-state index is 12.1. The Balaban J connectivity index is 2.25. The Labute approximate surface area is 123 Å². The van der Waals surface area contributed by atoms with Crippen molar-refractivity contribution in [3.63, 3.8) is 0 Å². The molecular weight excluding hydrogens is 268 g/mol. The van der Waals surface area contributed by atoms with Crippen LogP contribution in [0.2, 0.25) is 0 Å². The summed E-state index contributed by atoms with van der Waals surface area (Å²) in [6.07, 6.45) is 3.11. The van der Waals surface area contributed by atoms with Crippen LogP contribution in [0.5, 0.6) is 0 Å². The first kappa shape index (κ1) is 14.5. The van der Waals surface area contributed by atoms with Gasteiger partial charge in [0.1, 0.15) is 0 Å². The van der Waals surface area contributed by atoms with Crippen molar-refractivity contribution in [3.05, 3.63) is 48.4 Å². The van der Waals surface area contributed by atoms with Crippen LogP contribution in [0.3, 0.4) is 0 Å². The normalized spacial score (nSPS) is 10.2. The predicted octanol–water partition coefficient (Wildman–Crippen LogP) is 4.13. The second-order valence-electron chi connectivity index (χ2n) is 4.42. The number of hydrogen-bond acceptors (Lipinski definition) is 3. The Kier molecular flexibility index (Phi) is 5.07. The third kappa shape index (κ3) is 3.33. The summed E-state index contributed by atoms with van der Waals surface area (Å²) in [5, 5.41) is 2.72. The summed E-state index contributed by atoms with van der Waals surface area (Å²) in [5.41, 5.74) is 1.97. The Morgan fingerprint density at radius 3 is 2.80 bits per heavy atom. The molecule has 0 aliphatic heterocycles. The molecule has 0 N–H and O–H groups in total. The maximum Gasteiger partial charge on any atom is 0.229 e. The van der Waals surface area contributed by atoms with Gasteiger partial charge in [0.05, 0.1) is 5.69 Å². The summed E-state index contributed by atoms with van der Waals surface area (Å²) in [4.78, 5) is 18.4. The van der Waals surface area contributed by atoms with Gasteiger partial charge in [-0.15, -0.1) is 17.9 Å². The van der Waals surface area contributed by atoms with Gasteiger partial charge < -0.3 is 0 Å². The minimum atomic E-state index is 0.0985. The molecule has 0 fully saturated rings. The van der Waals surface area contributed by atoms with Crippen LogP contribution in [-0.4, -0.2) is 17.4 Å². The molecule has 4 heteroatoms. The summed E-state index contributed by atoms with van der Waals surface area (Å²) in [7, 11) is 0. The predicted molar refractivity (Wildman–Crippen MR) is 85.0 cm³/mol. The highest BCUT2D eigenvalue weighted by atomic mass is 32.1. The molecule has 1 aromatic carbocycles. The fraction of sp³-hybridized carbons (Fsp3) is 0.250. The molecule has 2 aromatic rings. The number of carbonyl (C=O) groups is 1. The number of anilines is 1. The largest absolute Gasteiger partial charge is 0.284 e. The molecule has 20 heavy (non-hydrogen) atoms. The van der Waals surface area contributed by atoms with Crippen molar-refractivity contribution in [2.45, 2.75) is 19.8 Å².